The van der Waals surface area contributed by atoms with Crippen molar-refractivity contribution in [2.45, 2.75) is 12.5 Å². The summed E-state index contributed by atoms with van der Waals surface area (Å²) in [6.45, 7) is 1.70. The lowest BCUT2D eigenvalue weighted by Gasteiger charge is -2.15. The predicted molar refractivity (Wildman–Crippen MR) is 72.2 cm³/mol. The SMILES string of the molecule is NC1CCN(c2ncc(-c3ccc(F)cc3)cn2)C1. The van der Waals surface area contributed by atoms with Crippen LogP contribution in [0.1, 0.15) is 6.42 Å². The maximum atomic E-state index is 12.9. The van der Waals surface area contributed by atoms with Gasteiger partial charge in [-0.15, -0.1) is 0 Å². The number of hydrogen-bond donors (Lipinski definition) is 1. The van der Waals surface area contributed by atoms with Crippen LogP contribution in [0.15, 0.2) is 36.7 Å². The lowest BCUT2D eigenvalue weighted by molar-refractivity contribution is 0.628. The molecule has 1 fully saturated rings. The first kappa shape index (κ1) is 12.0. The number of aromatic nitrogens is 2. The maximum Gasteiger partial charge on any atom is 0.225 e. The van der Waals surface area contributed by atoms with Crippen molar-refractivity contribution in [3.63, 3.8) is 0 Å². The molecule has 1 atom stereocenters. The van der Waals surface area contributed by atoms with Crippen LogP contribution < -0.4 is 10.6 Å². The molecule has 0 saturated carbocycles. The van der Waals surface area contributed by atoms with Gasteiger partial charge in [-0.05, 0) is 24.1 Å². The molecule has 0 aliphatic carbocycles. The average Bonchev–Trinajstić information content (AvgIpc) is 2.87. The standard InChI is InChI=1S/C14H15FN4/c15-12-3-1-10(2-4-12)11-7-17-14(18-8-11)19-6-5-13(16)9-19/h1-4,7-8,13H,5-6,9,16H2. The van der Waals surface area contributed by atoms with Crippen molar-refractivity contribution in [2.75, 3.05) is 18.0 Å². The first-order valence-corrected chi connectivity index (χ1v) is 6.31. The number of anilines is 1. The second-order valence-electron chi connectivity index (χ2n) is 4.77. The van der Waals surface area contributed by atoms with E-state index < -0.39 is 0 Å². The molecule has 1 saturated heterocycles. The Labute approximate surface area is 111 Å². The zero-order valence-corrected chi connectivity index (χ0v) is 10.5. The van der Waals surface area contributed by atoms with E-state index in [9.17, 15) is 4.39 Å². The third-order valence-electron chi connectivity index (χ3n) is 3.32. The molecule has 4 nitrogen and oxygen atoms in total. The molecular formula is C14H15FN4. The van der Waals surface area contributed by atoms with Crippen LogP contribution in [0.25, 0.3) is 11.1 Å². The number of nitrogens with zero attached hydrogens (tertiary/aromatic N) is 3. The van der Waals surface area contributed by atoms with Gasteiger partial charge in [0.1, 0.15) is 5.82 Å². The molecule has 1 aliphatic rings. The van der Waals surface area contributed by atoms with Crippen LogP contribution in [0.5, 0.6) is 0 Å². The van der Waals surface area contributed by atoms with Crippen molar-refractivity contribution in [1.29, 1.82) is 0 Å². The highest BCUT2D eigenvalue weighted by Gasteiger charge is 2.20. The van der Waals surface area contributed by atoms with Gasteiger partial charge in [0.15, 0.2) is 0 Å². The van der Waals surface area contributed by atoms with E-state index >= 15 is 0 Å². The van der Waals surface area contributed by atoms with E-state index in [4.69, 9.17) is 5.73 Å². The van der Waals surface area contributed by atoms with Crippen LogP contribution in [-0.2, 0) is 0 Å². The van der Waals surface area contributed by atoms with Crippen LogP contribution in [0.3, 0.4) is 0 Å². The molecule has 1 aromatic carbocycles. The molecule has 0 bridgehead atoms. The molecule has 5 heteroatoms. The van der Waals surface area contributed by atoms with Gasteiger partial charge in [-0.1, -0.05) is 12.1 Å². The van der Waals surface area contributed by atoms with Gasteiger partial charge in [0.2, 0.25) is 5.95 Å². The number of rotatable bonds is 2. The minimum absolute atomic E-state index is 0.209. The van der Waals surface area contributed by atoms with Crippen molar-refractivity contribution in [3.8, 4) is 11.1 Å². The summed E-state index contributed by atoms with van der Waals surface area (Å²) in [5, 5.41) is 0. The van der Waals surface area contributed by atoms with E-state index in [2.05, 4.69) is 14.9 Å². The number of nitrogens with two attached hydrogens (primary N) is 1. The fourth-order valence-electron chi connectivity index (χ4n) is 2.24. The van der Waals surface area contributed by atoms with E-state index in [-0.39, 0.29) is 11.9 Å². The summed E-state index contributed by atoms with van der Waals surface area (Å²) in [5.41, 5.74) is 7.65. The van der Waals surface area contributed by atoms with E-state index in [1.165, 1.54) is 12.1 Å². The molecule has 2 N–H and O–H groups in total. The Balaban J connectivity index is 1.80. The largest absolute Gasteiger partial charge is 0.339 e. The highest BCUT2D eigenvalue weighted by molar-refractivity contribution is 5.61. The Hall–Kier alpha value is -2.01. The van der Waals surface area contributed by atoms with Gasteiger partial charge in [0.05, 0.1) is 0 Å². The second-order valence-corrected chi connectivity index (χ2v) is 4.77. The van der Waals surface area contributed by atoms with Gasteiger partial charge in [-0.25, -0.2) is 14.4 Å². The third kappa shape index (κ3) is 2.56. The molecule has 0 spiro atoms. The Morgan fingerprint density at radius 2 is 1.79 bits per heavy atom. The Bertz CT molecular complexity index is 553. The molecular weight excluding hydrogens is 243 g/mol. The van der Waals surface area contributed by atoms with Crippen LogP contribution in [0.2, 0.25) is 0 Å². The van der Waals surface area contributed by atoms with Crippen molar-refractivity contribution in [2.24, 2.45) is 5.73 Å². The summed E-state index contributed by atoms with van der Waals surface area (Å²) in [7, 11) is 0. The Kier molecular flexibility index (Phi) is 3.13. The van der Waals surface area contributed by atoms with Gasteiger partial charge in [-0.2, -0.15) is 0 Å². The number of halogens is 1. The fourth-order valence-corrected chi connectivity index (χ4v) is 2.24. The first-order valence-electron chi connectivity index (χ1n) is 6.31. The molecule has 1 aromatic heterocycles. The molecule has 0 radical (unpaired) electrons. The monoisotopic (exact) mass is 258 g/mol. The van der Waals surface area contributed by atoms with Crippen LogP contribution in [-0.4, -0.2) is 29.1 Å². The summed E-state index contributed by atoms with van der Waals surface area (Å²) in [6.07, 6.45) is 4.50. The maximum absolute atomic E-state index is 12.9. The van der Waals surface area contributed by atoms with E-state index in [0.29, 0.717) is 5.95 Å². The van der Waals surface area contributed by atoms with E-state index in [0.717, 1.165) is 30.6 Å². The highest BCUT2D eigenvalue weighted by Crippen LogP contribution is 2.20. The molecule has 3 rings (SSSR count). The second kappa shape index (κ2) is 4.93. The topological polar surface area (TPSA) is 55.0 Å². The summed E-state index contributed by atoms with van der Waals surface area (Å²) in [6, 6.07) is 6.52. The summed E-state index contributed by atoms with van der Waals surface area (Å²) >= 11 is 0. The summed E-state index contributed by atoms with van der Waals surface area (Å²) in [5.74, 6) is 0.464. The van der Waals surface area contributed by atoms with Gasteiger partial charge >= 0.3 is 0 Å². The van der Waals surface area contributed by atoms with E-state index in [1.807, 2.05) is 0 Å². The van der Waals surface area contributed by atoms with Gasteiger partial charge < -0.3 is 10.6 Å². The van der Waals surface area contributed by atoms with Gasteiger partial charge in [0, 0.05) is 37.1 Å². The molecule has 2 aromatic rings. The molecule has 0 amide bonds. The van der Waals surface area contributed by atoms with Gasteiger partial charge in [0.25, 0.3) is 0 Å². The highest BCUT2D eigenvalue weighted by atomic mass is 19.1. The lowest BCUT2D eigenvalue weighted by atomic mass is 10.1. The minimum atomic E-state index is -0.243. The minimum Gasteiger partial charge on any atom is -0.339 e. The average molecular weight is 258 g/mol. The molecule has 19 heavy (non-hydrogen) atoms. The molecule has 98 valence electrons. The zero-order chi connectivity index (χ0) is 13.2. The summed E-state index contributed by atoms with van der Waals surface area (Å²) in [4.78, 5) is 10.8. The number of hydrogen-bond acceptors (Lipinski definition) is 4. The Morgan fingerprint density at radius 1 is 1.11 bits per heavy atom. The molecule has 1 unspecified atom stereocenters. The van der Waals surface area contributed by atoms with Crippen molar-refractivity contribution >= 4 is 5.95 Å². The normalized spacial score (nSPS) is 18.8. The van der Waals surface area contributed by atoms with E-state index in [1.54, 1.807) is 24.5 Å². The smallest absolute Gasteiger partial charge is 0.225 e. The van der Waals surface area contributed by atoms with Crippen molar-refractivity contribution in [1.82, 2.24) is 9.97 Å². The predicted octanol–water partition coefficient (Wildman–Crippen LogP) is 1.82. The zero-order valence-electron chi connectivity index (χ0n) is 10.5. The molecule has 2 heterocycles. The van der Waals surface area contributed by atoms with Gasteiger partial charge in [-0.3, -0.25) is 0 Å². The number of benzene rings is 1. The fraction of sp³-hybridized carbons (Fsp3) is 0.286. The Morgan fingerprint density at radius 3 is 2.37 bits per heavy atom. The lowest BCUT2D eigenvalue weighted by Crippen LogP contribution is -2.27. The third-order valence-corrected chi connectivity index (χ3v) is 3.32. The van der Waals surface area contributed by atoms with Crippen LogP contribution >= 0.6 is 0 Å². The first-order chi connectivity index (χ1) is 9.22. The van der Waals surface area contributed by atoms with Crippen molar-refractivity contribution < 1.29 is 4.39 Å². The van der Waals surface area contributed by atoms with Crippen LogP contribution in [0, 0.1) is 5.82 Å². The summed E-state index contributed by atoms with van der Waals surface area (Å²) < 4.78 is 12.9. The molecule has 1 aliphatic heterocycles. The van der Waals surface area contributed by atoms with Crippen molar-refractivity contribution in [3.05, 3.63) is 42.5 Å². The quantitative estimate of drug-likeness (QED) is 0.892. The van der Waals surface area contributed by atoms with Crippen LogP contribution in [0.4, 0.5) is 10.3 Å².